The minimum atomic E-state index is 0.261. The van der Waals surface area contributed by atoms with Gasteiger partial charge < -0.3 is 11.5 Å². The third-order valence-corrected chi connectivity index (χ3v) is 4.64. The van der Waals surface area contributed by atoms with E-state index in [9.17, 15) is 0 Å². The number of nitrogens with two attached hydrogens (primary N) is 2. The van der Waals surface area contributed by atoms with Crippen LogP contribution in [0, 0.1) is 0 Å². The van der Waals surface area contributed by atoms with Crippen molar-refractivity contribution in [1.82, 2.24) is 14.6 Å². The minimum Gasteiger partial charge on any atom is -0.367 e. The Morgan fingerprint density at radius 1 is 1.21 bits per heavy atom. The average molecular weight is 381 g/mol. The molecule has 0 radical (unpaired) electrons. The number of hydrogen-bond donors (Lipinski definition) is 2. The summed E-state index contributed by atoms with van der Waals surface area (Å²) in [6.07, 6.45) is 20.0. The predicted octanol–water partition coefficient (Wildman–Crippen LogP) is 4.54. The Morgan fingerprint density at radius 3 is 2.57 bits per heavy atom. The highest BCUT2D eigenvalue weighted by molar-refractivity contribution is 5.96. The molecule has 0 saturated heterocycles. The number of fused-ring (bicyclic) bond motifs is 1. The third kappa shape index (κ3) is 6.46. The normalized spacial score (nSPS) is 16.7. The highest BCUT2D eigenvalue weighted by Crippen LogP contribution is 2.22. The second-order valence-corrected chi connectivity index (χ2v) is 6.90. The molecule has 6 nitrogen and oxygen atoms in total. The molecule has 150 valence electrons. The van der Waals surface area contributed by atoms with Crippen LogP contribution < -0.4 is 11.5 Å². The van der Waals surface area contributed by atoms with E-state index < -0.39 is 0 Å². The van der Waals surface area contributed by atoms with Crippen molar-refractivity contribution in [3.8, 4) is 0 Å². The standard InChI is InChI=1S/C16H19N5.C6H13N/c1-4-9-18-12(3)6-7-13(5-2)14-8-10-21-15(14)11-19-16(17)20-21;7-6-4-2-1-3-5-6/h4-11H,1-3H3,(H2,17,20);6H,1-5,7H2/b7-6-,9-4-,13-5+,18-12-;. The van der Waals surface area contributed by atoms with Crippen LogP contribution in [0.25, 0.3) is 11.1 Å². The number of aliphatic imine (C=N–C) groups is 1. The zero-order chi connectivity index (χ0) is 20.4. The van der Waals surface area contributed by atoms with Gasteiger partial charge in [0.15, 0.2) is 0 Å². The van der Waals surface area contributed by atoms with Crippen LogP contribution in [0.5, 0.6) is 0 Å². The van der Waals surface area contributed by atoms with E-state index in [0.717, 1.165) is 22.4 Å². The molecule has 0 spiro atoms. The van der Waals surface area contributed by atoms with Crippen molar-refractivity contribution >= 4 is 22.7 Å². The van der Waals surface area contributed by atoms with Gasteiger partial charge in [0.05, 0.1) is 11.7 Å². The first-order valence-electron chi connectivity index (χ1n) is 9.91. The van der Waals surface area contributed by atoms with E-state index >= 15 is 0 Å². The molecule has 1 fully saturated rings. The average Bonchev–Trinajstić information content (AvgIpc) is 3.11. The Labute approximate surface area is 167 Å². The number of anilines is 1. The van der Waals surface area contributed by atoms with Crippen molar-refractivity contribution in [2.45, 2.75) is 58.9 Å². The molecular weight excluding hydrogens is 348 g/mol. The van der Waals surface area contributed by atoms with Crippen LogP contribution in [-0.2, 0) is 0 Å². The summed E-state index contributed by atoms with van der Waals surface area (Å²) >= 11 is 0. The zero-order valence-electron chi connectivity index (χ0n) is 17.2. The summed E-state index contributed by atoms with van der Waals surface area (Å²) in [6, 6.07) is 2.54. The second kappa shape index (κ2) is 11.2. The van der Waals surface area contributed by atoms with E-state index in [1.54, 1.807) is 16.9 Å². The Hall–Kier alpha value is -2.73. The molecule has 0 unspecified atom stereocenters. The van der Waals surface area contributed by atoms with E-state index in [-0.39, 0.29) is 5.95 Å². The molecule has 1 aliphatic rings. The maximum atomic E-state index is 5.63. The molecule has 4 N–H and O–H groups in total. The van der Waals surface area contributed by atoms with Gasteiger partial charge in [-0.25, -0.2) is 9.50 Å². The van der Waals surface area contributed by atoms with E-state index in [1.807, 2.05) is 57.3 Å². The van der Waals surface area contributed by atoms with Gasteiger partial charge in [0.2, 0.25) is 5.95 Å². The first-order chi connectivity index (χ1) is 13.5. The van der Waals surface area contributed by atoms with Crippen molar-refractivity contribution in [2.75, 3.05) is 5.73 Å². The lowest BCUT2D eigenvalue weighted by Gasteiger charge is -2.15. The SMILES string of the molecule is C\C=C/N=C(C)\C=C/C(=C\C)c1ccn2nc(N)ncc12.NC1CCCCC1. The van der Waals surface area contributed by atoms with Crippen molar-refractivity contribution in [3.63, 3.8) is 0 Å². The zero-order valence-corrected chi connectivity index (χ0v) is 17.2. The molecule has 0 amide bonds. The predicted molar refractivity (Wildman–Crippen MR) is 119 cm³/mol. The van der Waals surface area contributed by atoms with E-state index in [1.165, 1.54) is 32.1 Å². The fourth-order valence-corrected chi connectivity index (χ4v) is 3.08. The third-order valence-electron chi connectivity index (χ3n) is 4.64. The minimum absolute atomic E-state index is 0.261. The summed E-state index contributed by atoms with van der Waals surface area (Å²) < 4.78 is 1.73. The van der Waals surface area contributed by atoms with Crippen molar-refractivity contribution in [1.29, 1.82) is 0 Å². The molecule has 2 aromatic rings. The van der Waals surface area contributed by atoms with Crippen molar-refractivity contribution < 1.29 is 0 Å². The quantitative estimate of drug-likeness (QED) is 0.601. The molecular formula is C22H32N6. The summed E-state index contributed by atoms with van der Waals surface area (Å²) in [5.74, 6) is 0.261. The summed E-state index contributed by atoms with van der Waals surface area (Å²) in [5.41, 5.74) is 15.2. The fraction of sp³-hybridized carbons (Fsp3) is 0.409. The Morgan fingerprint density at radius 2 is 1.96 bits per heavy atom. The first-order valence-corrected chi connectivity index (χ1v) is 9.91. The molecule has 1 aliphatic carbocycles. The lowest BCUT2D eigenvalue weighted by atomic mass is 9.97. The lowest BCUT2D eigenvalue weighted by molar-refractivity contribution is 0.441. The van der Waals surface area contributed by atoms with Gasteiger partial charge in [-0.15, -0.1) is 5.10 Å². The van der Waals surface area contributed by atoms with Gasteiger partial charge in [-0.3, -0.25) is 4.99 Å². The van der Waals surface area contributed by atoms with Gasteiger partial charge in [0, 0.05) is 29.7 Å². The number of nitrogen functional groups attached to an aromatic ring is 1. The lowest BCUT2D eigenvalue weighted by Crippen LogP contribution is -2.22. The molecule has 0 atom stereocenters. The number of nitrogens with zero attached hydrogens (tertiary/aromatic N) is 4. The summed E-state index contributed by atoms with van der Waals surface area (Å²) in [6.45, 7) is 5.90. The van der Waals surface area contributed by atoms with Crippen LogP contribution in [-0.4, -0.2) is 26.4 Å². The summed E-state index contributed by atoms with van der Waals surface area (Å²) in [4.78, 5) is 8.33. The number of allylic oxidation sites excluding steroid dienone is 5. The van der Waals surface area contributed by atoms with Gasteiger partial charge in [0.25, 0.3) is 0 Å². The monoisotopic (exact) mass is 380 g/mol. The van der Waals surface area contributed by atoms with Crippen LogP contribution >= 0.6 is 0 Å². The molecule has 0 aromatic carbocycles. The highest BCUT2D eigenvalue weighted by Gasteiger charge is 2.07. The van der Waals surface area contributed by atoms with Gasteiger partial charge in [-0.05, 0) is 51.3 Å². The molecule has 0 aliphatic heterocycles. The maximum Gasteiger partial charge on any atom is 0.238 e. The van der Waals surface area contributed by atoms with Crippen LogP contribution in [0.15, 0.2) is 54.0 Å². The fourth-order valence-electron chi connectivity index (χ4n) is 3.08. The molecule has 0 bridgehead atoms. The second-order valence-electron chi connectivity index (χ2n) is 6.90. The first kappa shape index (κ1) is 21.6. The van der Waals surface area contributed by atoms with Gasteiger partial charge in [-0.1, -0.05) is 37.5 Å². The van der Waals surface area contributed by atoms with E-state index in [4.69, 9.17) is 11.5 Å². The summed E-state index contributed by atoms with van der Waals surface area (Å²) in [7, 11) is 0. The Balaban J connectivity index is 0.000000336. The van der Waals surface area contributed by atoms with Crippen molar-refractivity contribution in [2.24, 2.45) is 10.7 Å². The van der Waals surface area contributed by atoms with Crippen LogP contribution in [0.3, 0.4) is 0 Å². The molecule has 2 aromatic heterocycles. The molecule has 1 saturated carbocycles. The van der Waals surface area contributed by atoms with Gasteiger partial charge in [0.1, 0.15) is 0 Å². The Kier molecular flexibility index (Phi) is 8.62. The molecule has 2 heterocycles. The number of rotatable bonds is 4. The number of hydrogen-bond acceptors (Lipinski definition) is 5. The van der Waals surface area contributed by atoms with Gasteiger partial charge >= 0.3 is 0 Å². The summed E-state index contributed by atoms with van der Waals surface area (Å²) in [5, 5.41) is 4.15. The molecule has 6 heteroatoms. The van der Waals surface area contributed by atoms with E-state index in [2.05, 4.69) is 15.1 Å². The Bertz CT molecular complexity index is 866. The van der Waals surface area contributed by atoms with Crippen LogP contribution in [0.1, 0.15) is 58.4 Å². The van der Waals surface area contributed by atoms with Crippen molar-refractivity contribution in [3.05, 3.63) is 54.5 Å². The molecule has 28 heavy (non-hydrogen) atoms. The van der Waals surface area contributed by atoms with Crippen LogP contribution in [0.2, 0.25) is 0 Å². The molecule has 3 rings (SSSR count). The van der Waals surface area contributed by atoms with E-state index in [0.29, 0.717) is 6.04 Å². The van der Waals surface area contributed by atoms with Gasteiger partial charge in [-0.2, -0.15) is 0 Å². The largest absolute Gasteiger partial charge is 0.367 e. The maximum absolute atomic E-state index is 5.63. The smallest absolute Gasteiger partial charge is 0.238 e. The number of aromatic nitrogens is 3. The topological polar surface area (TPSA) is 94.6 Å². The highest BCUT2D eigenvalue weighted by atomic mass is 15.3. The van der Waals surface area contributed by atoms with Crippen LogP contribution in [0.4, 0.5) is 5.95 Å².